The Morgan fingerprint density at radius 1 is 1.13 bits per heavy atom. The monoisotopic (exact) mass is 656 g/mol. The van der Waals surface area contributed by atoms with E-state index in [1.54, 1.807) is 29.9 Å². The van der Waals surface area contributed by atoms with E-state index in [2.05, 4.69) is 59.2 Å². The first kappa shape index (κ1) is 34.3. The number of hydrogen-bond donors (Lipinski definition) is 2. The average Bonchev–Trinajstić information content (AvgIpc) is 3.42. The normalized spacial score (nSPS) is 17.4. The molecule has 47 heavy (non-hydrogen) atoms. The molecule has 5 rings (SSSR count). The van der Waals surface area contributed by atoms with Crippen molar-refractivity contribution in [1.29, 1.82) is 5.26 Å². The second kappa shape index (κ2) is 14.8. The Balaban J connectivity index is 1.28. The Labute approximate surface area is 279 Å². The third-order valence-corrected chi connectivity index (χ3v) is 10.8. The molecule has 12 heteroatoms. The van der Waals surface area contributed by atoms with Gasteiger partial charge < -0.3 is 15.8 Å². The molecule has 0 aliphatic carbocycles. The van der Waals surface area contributed by atoms with Crippen molar-refractivity contribution in [3.05, 3.63) is 53.1 Å². The predicted octanol–water partition coefficient (Wildman–Crippen LogP) is 3.64. The largest absolute Gasteiger partial charge is 0.341 e. The highest BCUT2D eigenvalue weighted by atomic mass is 32.2. The van der Waals surface area contributed by atoms with Crippen molar-refractivity contribution >= 4 is 40.0 Å². The molecular formula is C35H44N8O3S. The highest BCUT2D eigenvalue weighted by Gasteiger charge is 2.31. The van der Waals surface area contributed by atoms with Crippen LogP contribution in [0.2, 0.25) is 0 Å². The molecule has 0 radical (unpaired) electrons. The molecule has 3 N–H and O–H groups in total. The SMILES string of the molecule is CNC(=O)N(CCC=O)c1nn(C)c2cc(C3CCN(C(C)(C)C#Cc4cc(S(=O)N5CCC(N)CC5)ccc4C#N)CC3)ccc12. The Hall–Kier alpha value is -4.07. The molecule has 2 aliphatic rings. The number of nitrogens with zero attached hydrogens (tertiary/aromatic N) is 6. The van der Waals surface area contributed by atoms with E-state index in [-0.39, 0.29) is 25.0 Å². The van der Waals surface area contributed by atoms with Gasteiger partial charge in [0, 0.05) is 70.2 Å². The number of anilines is 1. The first-order valence-corrected chi connectivity index (χ1v) is 17.3. The van der Waals surface area contributed by atoms with E-state index in [0.717, 1.165) is 56.0 Å². The number of fused-ring (bicyclic) bond motifs is 1. The van der Waals surface area contributed by atoms with Gasteiger partial charge in [-0.25, -0.2) is 13.3 Å². The topological polar surface area (TPSA) is 141 Å². The number of aromatic nitrogens is 2. The van der Waals surface area contributed by atoms with Crippen molar-refractivity contribution in [2.45, 2.75) is 68.3 Å². The third kappa shape index (κ3) is 7.58. The van der Waals surface area contributed by atoms with Crippen LogP contribution in [0, 0.1) is 23.2 Å². The van der Waals surface area contributed by atoms with Crippen LogP contribution < -0.4 is 16.0 Å². The lowest BCUT2D eigenvalue weighted by molar-refractivity contribution is -0.107. The average molecular weight is 657 g/mol. The number of benzene rings is 2. The number of nitriles is 1. The number of likely N-dealkylation sites (tertiary alicyclic amines) is 1. The molecule has 3 aromatic rings. The summed E-state index contributed by atoms with van der Waals surface area (Å²) in [6.07, 6.45) is 4.59. The standard InChI is InChI=1S/C35H44N8O3S/c1-35(2,15-10-27-22-30(8-6-28(27)24-36)47(46)42-19-13-29(37)14-20-42)41-17-11-25(12-18-41)26-7-9-31-32(23-26)40(4)39-33(31)43(16-5-21-44)34(45)38-3/h6-9,21-23,25,29H,5,11-14,16-20,37H2,1-4H3,(H,38,45). The first-order valence-electron chi connectivity index (χ1n) is 16.2. The van der Waals surface area contributed by atoms with E-state index in [0.29, 0.717) is 40.8 Å². The van der Waals surface area contributed by atoms with Crippen LogP contribution >= 0.6 is 0 Å². The number of hydrogen-bond acceptors (Lipinski definition) is 7. The molecule has 2 saturated heterocycles. The van der Waals surface area contributed by atoms with Crippen molar-refractivity contribution in [3.8, 4) is 17.9 Å². The van der Waals surface area contributed by atoms with Crippen LogP contribution in [0.3, 0.4) is 0 Å². The molecule has 248 valence electrons. The minimum absolute atomic E-state index is 0.157. The number of urea groups is 1. The van der Waals surface area contributed by atoms with Gasteiger partial charge in [0.15, 0.2) is 5.82 Å². The van der Waals surface area contributed by atoms with Gasteiger partial charge in [-0.05, 0) is 81.3 Å². The zero-order chi connectivity index (χ0) is 33.7. The van der Waals surface area contributed by atoms with Crippen molar-refractivity contribution < 1.29 is 13.8 Å². The predicted molar refractivity (Wildman–Crippen MR) is 184 cm³/mol. The van der Waals surface area contributed by atoms with E-state index in [1.165, 1.54) is 10.5 Å². The number of carbonyl (C=O) groups excluding carboxylic acids is 2. The molecule has 1 atom stereocenters. The van der Waals surface area contributed by atoms with Crippen molar-refractivity contribution in [2.75, 3.05) is 44.7 Å². The fourth-order valence-corrected chi connectivity index (χ4v) is 7.67. The van der Waals surface area contributed by atoms with Crippen LogP contribution in [0.4, 0.5) is 10.6 Å². The summed E-state index contributed by atoms with van der Waals surface area (Å²) in [5, 5.41) is 17.9. The molecule has 0 bridgehead atoms. The zero-order valence-corrected chi connectivity index (χ0v) is 28.5. The Bertz CT molecular complexity index is 1750. The summed E-state index contributed by atoms with van der Waals surface area (Å²) in [7, 11) is 2.12. The number of rotatable bonds is 8. The molecule has 0 spiro atoms. The quantitative estimate of drug-likeness (QED) is 0.279. The summed E-state index contributed by atoms with van der Waals surface area (Å²) < 4.78 is 17.0. The number of nitrogens with two attached hydrogens (primary N) is 1. The maximum atomic E-state index is 13.3. The number of nitrogens with one attached hydrogen (secondary N) is 1. The maximum Gasteiger partial charge on any atom is 0.322 e. The third-order valence-electron chi connectivity index (χ3n) is 9.35. The fourth-order valence-electron chi connectivity index (χ4n) is 6.42. The van der Waals surface area contributed by atoms with Crippen LogP contribution in [0.15, 0.2) is 41.3 Å². The van der Waals surface area contributed by atoms with Gasteiger partial charge in [-0.3, -0.25) is 14.5 Å². The van der Waals surface area contributed by atoms with Gasteiger partial charge in [-0.15, -0.1) is 0 Å². The lowest BCUT2D eigenvalue weighted by Crippen LogP contribution is -2.47. The van der Waals surface area contributed by atoms with Crippen molar-refractivity contribution in [3.63, 3.8) is 0 Å². The molecule has 11 nitrogen and oxygen atoms in total. The molecule has 1 aromatic heterocycles. The van der Waals surface area contributed by atoms with Crippen molar-refractivity contribution in [1.82, 2.24) is 24.3 Å². The number of carbonyl (C=O) groups is 2. The number of aryl methyl sites for hydroxylation is 1. The van der Waals surface area contributed by atoms with E-state index in [1.807, 2.05) is 17.4 Å². The van der Waals surface area contributed by atoms with Gasteiger partial charge in [0.2, 0.25) is 0 Å². The molecule has 2 amide bonds. The molecule has 0 saturated carbocycles. The van der Waals surface area contributed by atoms with Gasteiger partial charge in [-0.2, -0.15) is 10.4 Å². The van der Waals surface area contributed by atoms with Crippen LogP contribution in [-0.4, -0.2) is 86.9 Å². The van der Waals surface area contributed by atoms with Gasteiger partial charge in [0.25, 0.3) is 0 Å². The number of amides is 2. The van der Waals surface area contributed by atoms with Crippen molar-refractivity contribution in [2.24, 2.45) is 12.8 Å². The number of piperidine rings is 2. The minimum Gasteiger partial charge on any atom is -0.341 e. The molecular weight excluding hydrogens is 613 g/mol. The summed E-state index contributed by atoms with van der Waals surface area (Å²) in [6.45, 7) is 7.58. The lowest BCUT2D eigenvalue weighted by Gasteiger charge is -2.40. The van der Waals surface area contributed by atoms with Crippen LogP contribution in [0.5, 0.6) is 0 Å². The lowest BCUT2D eigenvalue weighted by atomic mass is 9.87. The summed E-state index contributed by atoms with van der Waals surface area (Å²) in [4.78, 5) is 28.1. The van der Waals surface area contributed by atoms with Gasteiger partial charge in [-0.1, -0.05) is 17.9 Å². The molecule has 2 aromatic carbocycles. The van der Waals surface area contributed by atoms with Gasteiger partial charge in [0.05, 0.1) is 21.5 Å². The number of aldehydes is 1. The molecule has 1 unspecified atom stereocenters. The van der Waals surface area contributed by atoms with Crippen LogP contribution in [-0.2, 0) is 22.8 Å². The Kier molecular flexibility index (Phi) is 10.8. The second-order valence-corrected chi connectivity index (χ2v) is 14.3. The van der Waals surface area contributed by atoms with E-state index >= 15 is 0 Å². The van der Waals surface area contributed by atoms with Crippen LogP contribution in [0.1, 0.15) is 68.6 Å². The molecule has 2 fully saturated rings. The summed E-state index contributed by atoms with van der Waals surface area (Å²) in [5.41, 5.74) is 8.84. The van der Waals surface area contributed by atoms with Crippen LogP contribution in [0.25, 0.3) is 10.9 Å². The van der Waals surface area contributed by atoms with Gasteiger partial charge >= 0.3 is 6.03 Å². The highest BCUT2D eigenvalue weighted by Crippen LogP contribution is 2.35. The Morgan fingerprint density at radius 3 is 2.51 bits per heavy atom. The Morgan fingerprint density at radius 2 is 1.85 bits per heavy atom. The smallest absolute Gasteiger partial charge is 0.322 e. The summed E-state index contributed by atoms with van der Waals surface area (Å²) in [5.74, 6) is 7.59. The first-order chi connectivity index (χ1) is 22.6. The van der Waals surface area contributed by atoms with E-state index < -0.39 is 16.5 Å². The summed E-state index contributed by atoms with van der Waals surface area (Å²) >= 11 is 0. The fraction of sp³-hybridized carbons (Fsp3) is 0.486. The van der Waals surface area contributed by atoms with E-state index in [4.69, 9.17) is 5.73 Å². The molecule has 2 aliphatic heterocycles. The summed E-state index contributed by atoms with van der Waals surface area (Å²) in [6, 6.07) is 13.7. The minimum atomic E-state index is -1.32. The van der Waals surface area contributed by atoms with E-state index in [9.17, 15) is 19.1 Å². The van der Waals surface area contributed by atoms with Gasteiger partial charge in [0.1, 0.15) is 23.3 Å². The highest BCUT2D eigenvalue weighted by molar-refractivity contribution is 7.82. The molecule has 3 heterocycles. The second-order valence-electron chi connectivity index (χ2n) is 12.8. The zero-order valence-electron chi connectivity index (χ0n) is 27.7. The maximum absolute atomic E-state index is 13.3.